The van der Waals surface area contributed by atoms with Crippen LogP contribution >= 0.6 is 0 Å². The molecule has 0 aliphatic carbocycles. The number of hydrogen-bond donors (Lipinski definition) is 2. The average Bonchev–Trinajstić information content (AvgIpc) is 3.77. The van der Waals surface area contributed by atoms with Gasteiger partial charge in [-0.15, -0.1) is 0 Å². The van der Waals surface area contributed by atoms with E-state index in [-0.39, 0.29) is 37.2 Å². The molecule has 4 aromatic rings. The number of aromatic nitrogens is 4. The number of cyclic esters (lactones) is 1. The van der Waals surface area contributed by atoms with Crippen molar-refractivity contribution in [3.63, 3.8) is 0 Å². The number of primary amides is 1. The summed E-state index contributed by atoms with van der Waals surface area (Å²) in [5.74, 6) is -1.97. The van der Waals surface area contributed by atoms with Crippen LogP contribution in [0.15, 0.2) is 54.9 Å². The lowest BCUT2D eigenvalue weighted by Gasteiger charge is -2.32. The normalized spacial score (nSPS) is 21.3. The molecule has 0 radical (unpaired) electrons. The lowest BCUT2D eigenvalue weighted by Crippen LogP contribution is -2.45. The van der Waals surface area contributed by atoms with E-state index in [0.29, 0.717) is 49.1 Å². The van der Waals surface area contributed by atoms with Crippen LogP contribution in [-0.4, -0.2) is 91.4 Å². The minimum atomic E-state index is -1.38. The molecule has 0 saturated carbocycles. The topological polar surface area (TPSA) is 166 Å². The molecule has 5 heterocycles. The Morgan fingerprint density at radius 1 is 1.11 bits per heavy atom. The van der Waals surface area contributed by atoms with Gasteiger partial charge in [-0.3, -0.25) is 28.8 Å². The van der Waals surface area contributed by atoms with Crippen LogP contribution in [0.4, 0.5) is 10.1 Å². The summed E-state index contributed by atoms with van der Waals surface area (Å²) >= 11 is 0. The third-order valence-corrected chi connectivity index (χ3v) is 8.96. The molecule has 2 fully saturated rings. The van der Waals surface area contributed by atoms with Crippen LogP contribution in [0.1, 0.15) is 34.5 Å². The molecule has 0 bridgehead atoms. The Labute approximate surface area is 262 Å². The summed E-state index contributed by atoms with van der Waals surface area (Å²) in [6.45, 7) is 1.04. The molecule has 3 aliphatic rings. The highest BCUT2D eigenvalue weighted by atomic mass is 19.1. The zero-order chi connectivity index (χ0) is 31.9. The van der Waals surface area contributed by atoms with E-state index in [1.807, 2.05) is 12.1 Å². The number of benzene rings is 2. The summed E-state index contributed by atoms with van der Waals surface area (Å²) < 4.78 is 21.3. The Morgan fingerprint density at radius 3 is 2.74 bits per heavy atom. The first-order chi connectivity index (χ1) is 22.3. The molecule has 2 aromatic heterocycles. The van der Waals surface area contributed by atoms with E-state index in [1.54, 1.807) is 42.7 Å². The molecule has 3 N–H and O–H groups in total. The number of halogens is 1. The third kappa shape index (κ3) is 5.44. The lowest BCUT2D eigenvalue weighted by molar-refractivity contribution is -0.142. The number of anilines is 1. The maximum absolute atomic E-state index is 14.8. The van der Waals surface area contributed by atoms with Crippen molar-refractivity contribution in [2.45, 2.75) is 50.6 Å². The minimum absolute atomic E-state index is 0.0111. The van der Waals surface area contributed by atoms with Crippen LogP contribution in [0, 0.1) is 0 Å². The highest BCUT2D eigenvalue weighted by molar-refractivity contribution is 6.05. The Bertz CT molecular complexity index is 1860. The highest BCUT2D eigenvalue weighted by Gasteiger charge is 2.41. The van der Waals surface area contributed by atoms with Gasteiger partial charge in [0.05, 0.1) is 31.1 Å². The number of rotatable bonds is 7. The van der Waals surface area contributed by atoms with E-state index < -0.39 is 29.9 Å². The fourth-order valence-corrected chi connectivity index (χ4v) is 6.70. The minimum Gasteiger partial charge on any atom is -0.464 e. The van der Waals surface area contributed by atoms with Gasteiger partial charge in [0.15, 0.2) is 5.69 Å². The van der Waals surface area contributed by atoms with Crippen LogP contribution in [0.5, 0.6) is 0 Å². The van der Waals surface area contributed by atoms with Crippen molar-refractivity contribution in [2.75, 3.05) is 25.0 Å². The number of ether oxygens (including phenoxy) is 1. The molecule has 46 heavy (non-hydrogen) atoms. The lowest BCUT2D eigenvalue weighted by atomic mass is 9.96. The first-order valence-electron chi connectivity index (χ1n) is 15.1. The number of amides is 3. The molecule has 2 aromatic carbocycles. The van der Waals surface area contributed by atoms with E-state index in [0.717, 1.165) is 22.3 Å². The average molecular weight is 627 g/mol. The van der Waals surface area contributed by atoms with Crippen molar-refractivity contribution in [3.05, 3.63) is 71.7 Å². The van der Waals surface area contributed by atoms with E-state index in [2.05, 4.69) is 25.5 Å². The predicted molar refractivity (Wildman–Crippen MR) is 163 cm³/mol. The first kappa shape index (κ1) is 29.5. The van der Waals surface area contributed by atoms with Crippen LogP contribution in [0.2, 0.25) is 0 Å². The van der Waals surface area contributed by atoms with Gasteiger partial charge in [-0.05, 0) is 47.4 Å². The highest BCUT2D eigenvalue weighted by Crippen LogP contribution is 2.31. The van der Waals surface area contributed by atoms with Crippen molar-refractivity contribution < 1.29 is 28.3 Å². The van der Waals surface area contributed by atoms with Crippen molar-refractivity contribution in [1.82, 2.24) is 29.8 Å². The van der Waals surface area contributed by atoms with Crippen LogP contribution < -0.4 is 11.1 Å². The molecule has 3 amide bonds. The second-order valence-corrected chi connectivity index (χ2v) is 11.8. The summed E-state index contributed by atoms with van der Waals surface area (Å²) in [6, 6.07) is 11.3. The van der Waals surface area contributed by atoms with Crippen molar-refractivity contribution in [3.8, 4) is 11.1 Å². The number of fused-ring (bicyclic) bond motifs is 2. The number of carbonyl (C=O) groups is 4. The number of alkyl halides is 1. The summed E-state index contributed by atoms with van der Waals surface area (Å²) in [5, 5.41) is 15.4. The molecular formula is C32H31FN8O5. The smallest absolute Gasteiger partial charge is 0.323 e. The fraction of sp³-hybridized carbons (Fsp3) is 0.344. The Morgan fingerprint density at radius 2 is 1.98 bits per heavy atom. The quantitative estimate of drug-likeness (QED) is 0.291. The van der Waals surface area contributed by atoms with Gasteiger partial charge in [0, 0.05) is 42.6 Å². The Balaban J connectivity index is 1.09. The van der Waals surface area contributed by atoms with E-state index in [1.165, 1.54) is 9.58 Å². The SMILES string of the molecule is NC(=O)c1nn(CC(=O)N2CC(F)CC2C(=O)Nc2cccc3c2CCN(C2CCOC2=O)C3)c2ccc(-c3ccnnc3)cc12. The van der Waals surface area contributed by atoms with Gasteiger partial charge in [-0.25, -0.2) is 4.39 Å². The van der Waals surface area contributed by atoms with Crippen LogP contribution in [-0.2, 0) is 38.6 Å². The number of esters is 1. The second-order valence-electron chi connectivity index (χ2n) is 11.8. The van der Waals surface area contributed by atoms with Crippen molar-refractivity contribution in [1.29, 1.82) is 0 Å². The summed E-state index contributed by atoms with van der Waals surface area (Å²) in [4.78, 5) is 54.9. The van der Waals surface area contributed by atoms with Gasteiger partial charge in [0.1, 0.15) is 24.8 Å². The van der Waals surface area contributed by atoms with E-state index in [4.69, 9.17) is 10.5 Å². The molecule has 236 valence electrons. The molecule has 3 atom stereocenters. The predicted octanol–water partition coefficient (Wildman–Crippen LogP) is 1.84. The molecule has 3 aliphatic heterocycles. The molecule has 14 heteroatoms. The monoisotopic (exact) mass is 626 g/mol. The maximum atomic E-state index is 14.8. The van der Waals surface area contributed by atoms with Gasteiger partial charge < -0.3 is 20.7 Å². The maximum Gasteiger partial charge on any atom is 0.323 e. The summed E-state index contributed by atoms with van der Waals surface area (Å²) in [5.41, 5.74) is 10.2. The van der Waals surface area contributed by atoms with Gasteiger partial charge in [0.25, 0.3) is 5.91 Å². The van der Waals surface area contributed by atoms with Gasteiger partial charge in [-0.2, -0.15) is 15.3 Å². The molecule has 0 spiro atoms. The largest absolute Gasteiger partial charge is 0.464 e. The Hall–Kier alpha value is -5.24. The third-order valence-electron chi connectivity index (χ3n) is 8.96. The van der Waals surface area contributed by atoms with Gasteiger partial charge in [0.2, 0.25) is 11.8 Å². The number of nitrogens with one attached hydrogen (secondary N) is 1. The zero-order valence-electron chi connectivity index (χ0n) is 24.8. The standard InChI is InChI=1S/C32H31FN8O5/c33-21-13-27(31(44)37-24-3-1-2-20-15-39(10-7-22(20)24)26-8-11-46-32(26)45)40(16-21)28(42)17-41-25-5-4-18(19-6-9-35-36-14-19)12-23(25)29(38-41)30(34)43/h1-6,9,12,14,21,26-27H,7-8,10-11,13,15-17H2,(H2,34,43)(H,37,44). The number of likely N-dealkylation sites (tertiary alicyclic amines) is 1. The number of nitrogens with zero attached hydrogens (tertiary/aromatic N) is 6. The molecule has 13 nitrogen and oxygen atoms in total. The van der Waals surface area contributed by atoms with E-state index >= 15 is 0 Å². The molecule has 2 saturated heterocycles. The molecule has 7 rings (SSSR count). The first-order valence-corrected chi connectivity index (χ1v) is 15.1. The number of nitrogens with two attached hydrogens (primary N) is 1. The van der Waals surface area contributed by atoms with Gasteiger partial charge in [-0.1, -0.05) is 18.2 Å². The van der Waals surface area contributed by atoms with Crippen LogP contribution in [0.25, 0.3) is 22.0 Å². The molecular weight excluding hydrogens is 595 g/mol. The van der Waals surface area contributed by atoms with Gasteiger partial charge >= 0.3 is 5.97 Å². The fourth-order valence-electron chi connectivity index (χ4n) is 6.70. The summed E-state index contributed by atoms with van der Waals surface area (Å²) in [6.07, 6.45) is 2.88. The number of carbonyl (C=O) groups excluding carboxylic acids is 4. The van der Waals surface area contributed by atoms with Crippen LogP contribution in [0.3, 0.4) is 0 Å². The zero-order valence-corrected chi connectivity index (χ0v) is 24.8. The second kappa shape index (κ2) is 11.9. The molecule has 3 unspecified atom stereocenters. The number of hydrogen-bond acceptors (Lipinski definition) is 9. The van der Waals surface area contributed by atoms with Crippen molar-refractivity contribution >= 4 is 40.3 Å². The van der Waals surface area contributed by atoms with Crippen molar-refractivity contribution in [2.24, 2.45) is 5.73 Å². The van der Waals surface area contributed by atoms with E-state index in [9.17, 15) is 23.6 Å². The summed E-state index contributed by atoms with van der Waals surface area (Å²) in [7, 11) is 0. The Kier molecular flexibility index (Phi) is 7.64.